The lowest BCUT2D eigenvalue weighted by Crippen LogP contribution is -2.54. The molecule has 2 N–H and O–H groups in total. The maximum Gasteiger partial charge on any atom is 0.146 e. The van der Waals surface area contributed by atoms with Gasteiger partial charge in [0.2, 0.25) is 0 Å². The van der Waals surface area contributed by atoms with Crippen molar-refractivity contribution >= 4 is 5.69 Å². The fourth-order valence-electron chi connectivity index (χ4n) is 2.76. The first kappa shape index (κ1) is 15.2. The number of anilines is 1. The van der Waals surface area contributed by atoms with Gasteiger partial charge in [0.25, 0.3) is 0 Å². The molecule has 1 aromatic rings. The lowest BCUT2D eigenvalue weighted by molar-refractivity contribution is -0.101. The number of hydrogen-bond acceptors (Lipinski definition) is 4. The SMILES string of the molecule is C[C@@H](O)c1cccc(F)c1N1CC(CO)OC(C)(C)C1. The number of para-hydroxylation sites is 1. The number of halogens is 1. The third-order valence-corrected chi connectivity index (χ3v) is 3.47. The minimum absolute atomic E-state index is 0.113. The average molecular weight is 283 g/mol. The fourth-order valence-corrected chi connectivity index (χ4v) is 2.76. The van der Waals surface area contributed by atoms with E-state index in [0.717, 1.165) is 0 Å². The molecule has 2 rings (SSSR count). The van der Waals surface area contributed by atoms with Gasteiger partial charge in [-0.2, -0.15) is 0 Å². The Morgan fingerprint density at radius 1 is 1.50 bits per heavy atom. The lowest BCUT2D eigenvalue weighted by atomic mass is 10.0. The molecule has 20 heavy (non-hydrogen) atoms. The largest absolute Gasteiger partial charge is 0.394 e. The molecule has 0 radical (unpaired) electrons. The predicted molar refractivity (Wildman–Crippen MR) is 75.3 cm³/mol. The Morgan fingerprint density at radius 3 is 2.80 bits per heavy atom. The Hall–Kier alpha value is -1.17. The number of rotatable bonds is 3. The molecule has 0 aromatic heterocycles. The van der Waals surface area contributed by atoms with Crippen molar-refractivity contribution in [1.29, 1.82) is 0 Å². The summed E-state index contributed by atoms with van der Waals surface area (Å²) >= 11 is 0. The number of aliphatic hydroxyl groups is 2. The molecule has 1 heterocycles. The molecule has 1 saturated heterocycles. The van der Waals surface area contributed by atoms with Crippen LogP contribution in [0.25, 0.3) is 0 Å². The van der Waals surface area contributed by atoms with Crippen LogP contribution in [-0.2, 0) is 4.74 Å². The molecule has 1 aliphatic heterocycles. The summed E-state index contributed by atoms with van der Waals surface area (Å²) < 4.78 is 20.0. The molecule has 1 aliphatic rings. The van der Waals surface area contributed by atoms with Gasteiger partial charge in [-0.05, 0) is 26.8 Å². The van der Waals surface area contributed by atoms with Gasteiger partial charge < -0.3 is 19.8 Å². The standard InChI is InChI=1S/C15H22FNO3/c1-10(19)12-5-4-6-13(16)14(12)17-7-11(8-18)20-15(2,3)9-17/h4-6,10-11,18-19H,7-9H2,1-3H3/t10-,11?/m1/s1. The van der Waals surface area contributed by atoms with E-state index in [1.165, 1.54) is 6.07 Å². The summed E-state index contributed by atoms with van der Waals surface area (Å²) in [6, 6.07) is 4.70. The van der Waals surface area contributed by atoms with Gasteiger partial charge in [-0.1, -0.05) is 12.1 Å². The van der Waals surface area contributed by atoms with Crippen molar-refractivity contribution in [3.05, 3.63) is 29.6 Å². The van der Waals surface area contributed by atoms with Crippen LogP contribution in [0.4, 0.5) is 10.1 Å². The van der Waals surface area contributed by atoms with E-state index in [4.69, 9.17) is 4.74 Å². The van der Waals surface area contributed by atoms with Gasteiger partial charge in [-0.15, -0.1) is 0 Å². The second-order valence-electron chi connectivity index (χ2n) is 5.92. The highest BCUT2D eigenvalue weighted by Crippen LogP contribution is 2.33. The Balaban J connectivity index is 2.40. The van der Waals surface area contributed by atoms with Crippen LogP contribution in [-0.4, -0.2) is 41.6 Å². The summed E-state index contributed by atoms with van der Waals surface area (Å²) in [4.78, 5) is 1.85. The Bertz CT molecular complexity index is 476. The predicted octanol–water partition coefficient (Wildman–Crippen LogP) is 1.86. The maximum absolute atomic E-state index is 14.2. The van der Waals surface area contributed by atoms with E-state index in [1.807, 2.05) is 18.7 Å². The molecule has 4 nitrogen and oxygen atoms in total. The van der Waals surface area contributed by atoms with Crippen molar-refractivity contribution in [2.75, 3.05) is 24.6 Å². The van der Waals surface area contributed by atoms with E-state index in [0.29, 0.717) is 24.3 Å². The van der Waals surface area contributed by atoms with Crippen LogP contribution in [0.2, 0.25) is 0 Å². The van der Waals surface area contributed by atoms with Crippen molar-refractivity contribution in [3.8, 4) is 0 Å². The zero-order valence-electron chi connectivity index (χ0n) is 12.1. The molecular formula is C15H22FNO3. The van der Waals surface area contributed by atoms with E-state index in [1.54, 1.807) is 19.1 Å². The summed E-state index contributed by atoms with van der Waals surface area (Å²) in [6.07, 6.45) is -1.11. The highest BCUT2D eigenvalue weighted by molar-refractivity contribution is 5.56. The molecule has 5 heteroatoms. The van der Waals surface area contributed by atoms with Crippen molar-refractivity contribution in [2.24, 2.45) is 0 Å². The van der Waals surface area contributed by atoms with Crippen LogP contribution in [0.3, 0.4) is 0 Å². The number of aliphatic hydroxyl groups excluding tert-OH is 2. The van der Waals surface area contributed by atoms with E-state index in [9.17, 15) is 14.6 Å². The first-order valence-corrected chi connectivity index (χ1v) is 6.84. The van der Waals surface area contributed by atoms with Crippen molar-refractivity contribution in [3.63, 3.8) is 0 Å². The smallest absolute Gasteiger partial charge is 0.146 e. The van der Waals surface area contributed by atoms with Crippen molar-refractivity contribution in [2.45, 2.75) is 38.6 Å². The fraction of sp³-hybridized carbons (Fsp3) is 0.600. The minimum atomic E-state index is -0.751. The van der Waals surface area contributed by atoms with E-state index in [2.05, 4.69) is 0 Å². The second-order valence-corrected chi connectivity index (χ2v) is 5.92. The summed E-state index contributed by atoms with van der Waals surface area (Å²) in [7, 11) is 0. The molecule has 0 saturated carbocycles. The summed E-state index contributed by atoms with van der Waals surface area (Å²) in [5.41, 5.74) is 0.473. The molecule has 1 aromatic carbocycles. The highest BCUT2D eigenvalue weighted by Gasteiger charge is 2.35. The molecule has 112 valence electrons. The molecule has 2 atom stereocenters. The quantitative estimate of drug-likeness (QED) is 0.889. The van der Waals surface area contributed by atoms with E-state index in [-0.39, 0.29) is 18.5 Å². The Morgan fingerprint density at radius 2 is 2.20 bits per heavy atom. The number of nitrogens with zero attached hydrogens (tertiary/aromatic N) is 1. The maximum atomic E-state index is 14.2. The Labute approximate surface area is 118 Å². The van der Waals surface area contributed by atoms with Gasteiger partial charge in [0.15, 0.2) is 0 Å². The van der Waals surface area contributed by atoms with Gasteiger partial charge >= 0.3 is 0 Å². The van der Waals surface area contributed by atoms with Crippen LogP contribution in [0.5, 0.6) is 0 Å². The number of hydrogen-bond donors (Lipinski definition) is 2. The third-order valence-electron chi connectivity index (χ3n) is 3.47. The Kier molecular flexibility index (Phi) is 4.32. The van der Waals surface area contributed by atoms with Gasteiger partial charge in [-0.25, -0.2) is 4.39 Å². The molecule has 0 spiro atoms. The molecule has 0 bridgehead atoms. The van der Waals surface area contributed by atoms with Crippen molar-refractivity contribution in [1.82, 2.24) is 0 Å². The number of morpholine rings is 1. The summed E-state index contributed by atoms with van der Waals surface area (Å²) in [5, 5.41) is 19.2. The van der Waals surface area contributed by atoms with Gasteiger partial charge in [-0.3, -0.25) is 0 Å². The third kappa shape index (κ3) is 3.11. The zero-order valence-corrected chi connectivity index (χ0v) is 12.1. The topological polar surface area (TPSA) is 52.9 Å². The second kappa shape index (κ2) is 5.68. The minimum Gasteiger partial charge on any atom is -0.394 e. The monoisotopic (exact) mass is 283 g/mol. The molecule has 0 amide bonds. The average Bonchev–Trinajstić information content (AvgIpc) is 2.36. The molecule has 1 unspecified atom stereocenters. The van der Waals surface area contributed by atoms with Crippen LogP contribution in [0, 0.1) is 5.82 Å². The van der Waals surface area contributed by atoms with Crippen LogP contribution >= 0.6 is 0 Å². The molecule has 0 aliphatic carbocycles. The van der Waals surface area contributed by atoms with Gasteiger partial charge in [0, 0.05) is 18.7 Å². The zero-order chi connectivity index (χ0) is 14.9. The van der Waals surface area contributed by atoms with Crippen molar-refractivity contribution < 1.29 is 19.3 Å². The van der Waals surface area contributed by atoms with Gasteiger partial charge in [0.05, 0.1) is 30.1 Å². The number of ether oxygens (including phenoxy) is 1. The van der Waals surface area contributed by atoms with E-state index < -0.39 is 11.7 Å². The van der Waals surface area contributed by atoms with Crippen LogP contribution in [0.15, 0.2) is 18.2 Å². The first-order valence-electron chi connectivity index (χ1n) is 6.84. The number of benzene rings is 1. The summed E-state index contributed by atoms with van der Waals surface area (Å²) in [5.74, 6) is -0.363. The first-order chi connectivity index (χ1) is 9.34. The van der Waals surface area contributed by atoms with Crippen LogP contribution in [0.1, 0.15) is 32.4 Å². The highest BCUT2D eigenvalue weighted by atomic mass is 19.1. The lowest BCUT2D eigenvalue weighted by Gasteiger charge is -2.44. The molecular weight excluding hydrogens is 261 g/mol. The normalized spacial score (nSPS) is 23.7. The van der Waals surface area contributed by atoms with Gasteiger partial charge in [0.1, 0.15) is 5.82 Å². The molecule has 1 fully saturated rings. The van der Waals surface area contributed by atoms with E-state index >= 15 is 0 Å². The summed E-state index contributed by atoms with van der Waals surface area (Å²) in [6.45, 7) is 6.23. The van der Waals surface area contributed by atoms with Crippen LogP contribution < -0.4 is 4.90 Å².